The highest BCUT2D eigenvalue weighted by Crippen LogP contribution is 2.27. The van der Waals surface area contributed by atoms with Crippen LogP contribution in [-0.2, 0) is 6.54 Å². The van der Waals surface area contributed by atoms with E-state index in [1.807, 2.05) is 30.3 Å². The SMILES string of the molecule is Cl.N[C@@H]1CN(Cc2nnnn2-c2ccccc2Br)C[C@H]1c1ccccc1. The molecule has 1 aromatic heterocycles. The number of tetrazole rings is 1. The van der Waals surface area contributed by atoms with Gasteiger partial charge in [-0.1, -0.05) is 42.5 Å². The van der Waals surface area contributed by atoms with E-state index in [2.05, 4.69) is 60.6 Å². The fourth-order valence-corrected chi connectivity index (χ4v) is 3.86. The van der Waals surface area contributed by atoms with E-state index in [1.165, 1.54) is 5.56 Å². The number of benzene rings is 2. The molecule has 6 nitrogen and oxygen atoms in total. The highest BCUT2D eigenvalue weighted by Gasteiger charge is 2.32. The number of aromatic nitrogens is 4. The Morgan fingerprint density at radius 3 is 2.54 bits per heavy atom. The number of halogens is 2. The number of likely N-dealkylation sites (tertiary alicyclic amines) is 1. The Kier molecular flexibility index (Phi) is 6.03. The largest absolute Gasteiger partial charge is 0.326 e. The molecule has 0 aliphatic carbocycles. The van der Waals surface area contributed by atoms with E-state index in [1.54, 1.807) is 4.68 Å². The molecule has 0 spiro atoms. The maximum atomic E-state index is 6.40. The van der Waals surface area contributed by atoms with Gasteiger partial charge in [0.15, 0.2) is 5.82 Å². The number of para-hydroxylation sites is 1. The number of hydrogen-bond donors (Lipinski definition) is 1. The lowest BCUT2D eigenvalue weighted by atomic mass is 9.95. The van der Waals surface area contributed by atoms with Gasteiger partial charge in [0.2, 0.25) is 0 Å². The molecule has 8 heteroatoms. The van der Waals surface area contributed by atoms with Crippen molar-refractivity contribution in [1.29, 1.82) is 0 Å². The first kappa shape index (κ1) is 19.0. The van der Waals surface area contributed by atoms with Crippen LogP contribution >= 0.6 is 28.3 Å². The first-order valence-electron chi connectivity index (χ1n) is 8.27. The van der Waals surface area contributed by atoms with Crippen molar-refractivity contribution in [3.05, 3.63) is 70.5 Å². The van der Waals surface area contributed by atoms with Gasteiger partial charge in [-0.2, -0.15) is 4.68 Å². The van der Waals surface area contributed by atoms with Gasteiger partial charge in [0.1, 0.15) is 0 Å². The molecule has 1 fully saturated rings. The molecule has 0 amide bonds. The molecular formula is C18H20BrClN6. The molecule has 3 aromatic rings. The van der Waals surface area contributed by atoms with E-state index in [-0.39, 0.29) is 18.4 Å². The van der Waals surface area contributed by atoms with E-state index in [9.17, 15) is 0 Å². The smallest absolute Gasteiger partial charge is 0.170 e. The van der Waals surface area contributed by atoms with Crippen LogP contribution in [0.2, 0.25) is 0 Å². The van der Waals surface area contributed by atoms with Crippen LogP contribution in [0.5, 0.6) is 0 Å². The van der Waals surface area contributed by atoms with Crippen molar-refractivity contribution in [2.75, 3.05) is 13.1 Å². The Bertz CT molecular complexity index is 856. The molecule has 0 saturated carbocycles. The summed E-state index contributed by atoms with van der Waals surface area (Å²) in [5.74, 6) is 1.15. The quantitative estimate of drug-likeness (QED) is 0.682. The first-order valence-corrected chi connectivity index (χ1v) is 9.06. The lowest BCUT2D eigenvalue weighted by molar-refractivity contribution is 0.312. The fourth-order valence-electron chi connectivity index (χ4n) is 3.41. The van der Waals surface area contributed by atoms with Gasteiger partial charge in [0, 0.05) is 29.5 Å². The second-order valence-electron chi connectivity index (χ2n) is 6.33. The van der Waals surface area contributed by atoms with Gasteiger partial charge in [-0.3, -0.25) is 4.90 Å². The lowest BCUT2D eigenvalue weighted by Gasteiger charge is -2.16. The Morgan fingerprint density at radius 1 is 1.04 bits per heavy atom. The third kappa shape index (κ3) is 3.81. The molecule has 136 valence electrons. The third-order valence-corrected chi connectivity index (χ3v) is 5.32. The summed E-state index contributed by atoms with van der Waals surface area (Å²) in [4.78, 5) is 2.32. The van der Waals surface area contributed by atoms with Gasteiger partial charge in [-0.15, -0.1) is 17.5 Å². The second kappa shape index (κ2) is 8.26. The first-order chi connectivity index (χ1) is 12.2. The topological polar surface area (TPSA) is 72.9 Å². The summed E-state index contributed by atoms with van der Waals surface area (Å²) in [6.07, 6.45) is 0. The van der Waals surface area contributed by atoms with Crippen molar-refractivity contribution < 1.29 is 0 Å². The van der Waals surface area contributed by atoms with E-state index < -0.39 is 0 Å². The number of nitrogens with two attached hydrogens (primary N) is 1. The molecule has 2 heterocycles. The van der Waals surface area contributed by atoms with Crippen LogP contribution in [0.3, 0.4) is 0 Å². The summed E-state index contributed by atoms with van der Waals surface area (Å²) in [6.45, 7) is 2.42. The molecule has 26 heavy (non-hydrogen) atoms. The van der Waals surface area contributed by atoms with Crippen LogP contribution in [0, 0.1) is 0 Å². The van der Waals surface area contributed by atoms with Crippen LogP contribution < -0.4 is 5.73 Å². The summed E-state index contributed by atoms with van der Waals surface area (Å²) in [5.41, 5.74) is 8.63. The van der Waals surface area contributed by atoms with Crippen molar-refractivity contribution >= 4 is 28.3 Å². The molecule has 0 unspecified atom stereocenters. The van der Waals surface area contributed by atoms with Gasteiger partial charge in [0.25, 0.3) is 0 Å². The van der Waals surface area contributed by atoms with Crippen LogP contribution in [0.15, 0.2) is 59.1 Å². The van der Waals surface area contributed by atoms with Gasteiger partial charge >= 0.3 is 0 Å². The van der Waals surface area contributed by atoms with Crippen molar-refractivity contribution in [2.24, 2.45) is 5.73 Å². The van der Waals surface area contributed by atoms with Gasteiger partial charge in [0.05, 0.1) is 12.2 Å². The Morgan fingerprint density at radius 2 is 1.77 bits per heavy atom. The summed E-state index contributed by atoms with van der Waals surface area (Å²) >= 11 is 3.56. The van der Waals surface area contributed by atoms with Crippen LogP contribution in [0.4, 0.5) is 0 Å². The van der Waals surface area contributed by atoms with Crippen LogP contribution in [-0.4, -0.2) is 44.2 Å². The van der Waals surface area contributed by atoms with E-state index >= 15 is 0 Å². The van der Waals surface area contributed by atoms with Gasteiger partial charge in [-0.25, -0.2) is 0 Å². The van der Waals surface area contributed by atoms with E-state index in [4.69, 9.17) is 5.73 Å². The molecule has 0 bridgehead atoms. The molecule has 2 N–H and O–H groups in total. The molecular weight excluding hydrogens is 416 g/mol. The average molecular weight is 436 g/mol. The summed E-state index contributed by atoms with van der Waals surface area (Å²) in [6, 6.07) is 18.5. The monoisotopic (exact) mass is 434 g/mol. The summed E-state index contributed by atoms with van der Waals surface area (Å²) < 4.78 is 2.75. The molecule has 4 rings (SSSR count). The molecule has 2 aromatic carbocycles. The van der Waals surface area contributed by atoms with Crippen molar-refractivity contribution in [2.45, 2.75) is 18.5 Å². The van der Waals surface area contributed by atoms with Crippen LogP contribution in [0.25, 0.3) is 5.69 Å². The average Bonchev–Trinajstić information content (AvgIpc) is 3.23. The standard InChI is InChI=1S/C18H19BrN6.ClH/c19-15-8-4-5-9-17(15)25-18(21-22-23-25)12-24-10-14(16(20)11-24)13-6-2-1-3-7-13;/h1-9,14,16H,10-12,20H2;1H/t14-,16+;/m0./s1. The molecule has 1 aliphatic rings. The number of rotatable bonds is 4. The van der Waals surface area contributed by atoms with Gasteiger partial charge < -0.3 is 5.73 Å². The highest BCUT2D eigenvalue weighted by molar-refractivity contribution is 9.10. The zero-order chi connectivity index (χ0) is 17.2. The molecule has 0 radical (unpaired) electrons. The van der Waals surface area contributed by atoms with Crippen LogP contribution in [0.1, 0.15) is 17.3 Å². The minimum absolute atomic E-state index is 0. The van der Waals surface area contributed by atoms with E-state index in [0.717, 1.165) is 29.1 Å². The second-order valence-corrected chi connectivity index (χ2v) is 7.19. The Balaban J connectivity index is 0.00000196. The fraction of sp³-hybridized carbons (Fsp3) is 0.278. The Hall–Kier alpha value is -1.80. The minimum Gasteiger partial charge on any atom is -0.326 e. The summed E-state index contributed by atoms with van der Waals surface area (Å²) in [5, 5.41) is 12.2. The normalized spacial score (nSPS) is 20.1. The zero-order valence-electron chi connectivity index (χ0n) is 14.1. The zero-order valence-corrected chi connectivity index (χ0v) is 16.5. The lowest BCUT2D eigenvalue weighted by Crippen LogP contribution is -2.29. The highest BCUT2D eigenvalue weighted by atomic mass is 79.9. The van der Waals surface area contributed by atoms with Gasteiger partial charge in [-0.05, 0) is 44.1 Å². The maximum Gasteiger partial charge on any atom is 0.170 e. The summed E-state index contributed by atoms with van der Waals surface area (Å²) in [7, 11) is 0. The third-order valence-electron chi connectivity index (χ3n) is 4.65. The minimum atomic E-state index is 0. The molecule has 2 atom stereocenters. The van der Waals surface area contributed by atoms with Crippen molar-refractivity contribution in [3.8, 4) is 5.69 Å². The number of hydrogen-bond acceptors (Lipinski definition) is 5. The predicted octanol–water partition coefficient (Wildman–Crippen LogP) is 2.77. The molecule has 1 saturated heterocycles. The van der Waals surface area contributed by atoms with E-state index in [0.29, 0.717) is 12.5 Å². The van der Waals surface area contributed by atoms with Crippen molar-refractivity contribution in [3.63, 3.8) is 0 Å². The predicted molar refractivity (Wildman–Crippen MR) is 107 cm³/mol. The maximum absolute atomic E-state index is 6.40. The Labute approximate surface area is 166 Å². The van der Waals surface area contributed by atoms with Crippen molar-refractivity contribution in [1.82, 2.24) is 25.1 Å². The molecule has 1 aliphatic heterocycles. The number of nitrogens with zero attached hydrogens (tertiary/aromatic N) is 5.